The predicted molar refractivity (Wildman–Crippen MR) is 97.9 cm³/mol. The maximum Gasteiger partial charge on any atom is 0.246 e. The minimum absolute atomic E-state index is 0.0256. The molecule has 2 aromatic heterocycles. The van der Waals surface area contributed by atoms with Gasteiger partial charge in [-0.25, -0.2) is 9.98 Å². The van der Waals surface area contributed by atoms with Gasteiger partial charge in [-0.15, -0.1) is 0 Å². The number of nitrogens with one attached hydrogen (secondary N) is 1. The molecule has 3 rings (SSSR count). The van der Waals surface area contributed by atoms with Crippen LogP contribution in [-0.4, -0.2) is 57.7 Å². The van der Waals surface area contributed by atoms with Crippen LogP contribution < -0.4 is 10.2 Å². The number of carbonyl (C=O) groups is 1. The van der Waals surface area contributed by atoms with Crippen LogP contribution in [0.1, 0.15) is 24.3 Å². The van der Waals surface area contributed by atoms with Crippen molar-refractivity contribution in [1.82, 2.24) is 25.0 Å². The van der Waals surface area contributed by atoms with Crippen LogP contribution in [0.15, 0.2) is 21.8 Å². The number of piperazine rings is 1. The lowest BCUT2D eigenvalue weighted by Gasteiger charge is -2.35. The third-order valence-corrected chi connectivity index (χ3v) is 4.29. The Balaban J connectivity index is 1.68. The number of carbonyl (C=O) groups excluding carboxylic acids is 1. The van der Waals surface area contributed by atoms with E-state index in [1.54, 1.807) is 15.8 Å². The number of guanidine groups is 1. The second kappa shape index (κ2) is 7.59. The van der Waals surface area contributed by atoms with Crippen LogP contribution in [0.5, 0.6) is 0 Å². The number of anilines is 1. The summed E-state index contributed by atoms with van der Waals surface area (Å²) in [7, 11) is 1.84. The second-order valence-corrected chi connectivity index (χ2v) is 6.26. The molecule has 0 atom stereocenters. The molecule has 0 spiro atoms. The van der Waals surface area contributed by atoms with Crippen molar-refractivity contribution in [3.05, 3.63) is 29.7 Å². The minimum Gasteiger partial charge on any atom is -0.444 e. The Morgan fingerprint density at radius 1 is 1.38 bits per heavy atom. The summed E-state index contributed by atoms with van der Waals surface area (Å²) >= 11 is 0. The smallest absolute Gasteiger partial charge is 0.246 e. The fourth-order valence-corrected chi connectivity index (χ4v) is 2.85. The molecule has 0 aromatic carbocycles. The van der Waals surface area contributed by atoms with Gasteiger partial charge in [0.2, 0.25) is 11.8 Å². The largest absolute Gasteiger partial charge is 0.444 e. The molecule has 2 aromatic rings. The first kappa shape index (κ1) is 18.0. The Hall–Kier alpha value is -2.84. The second-order valence-electron chi connectivity index (χ2n) is 6.26. The molecular formula is C17H25N7O2. The van der Waals surface area contributed by atoms with Crippen LogP contribution in [0.3, 0.4) is 0 Å². The van der Waals surface area contributed by atoms with Gasteiger partial charge < -0.3 is 19.5 Å². The van der Waals surface area contributed by atoms with Crippen molar-refractivity contribution >= 4 is 17.6 Å². The zero-order valence-electron chi connectivity index (χ0n) is 15.7. The normalized spacial score (nSPS) is 15.7. The van der Waals surface area contributed by atoms with Crippen molar-refractivity contribution in [2.24, 2.45) is 12.0 Å². The highest BCUT2D eigenvalue weighted by Gasteiger charge is 2.27. The molecular weight excluding hydrogens is 334 g/mol. The highest BCUT2D eigenvalue weighted by molar-refractivity contribution is 5.98. The summed E-state index contributed by atoms with van der Waals surface area (Å²) in [6.45, 7) is 8.41. The molecule has 1 aliphatic rings. The van der Waals surface area contributed by atoms with Crippen LogP contribution in [-0.2, 0) is 18.4 Å². The third kappa shape index (κ3) is 3.87. The highest BCUT2D eigenvalue weighted by atomic mass is 16.4. The van der Waals surface area contributed by atoms with Gasteiger partial charge in [0.05, 0.1) is 17.6 Å². The quantitative estimate of drug-likeness (QED) is 0.642. The zero-order valence-corrected chi connectivity index (χ0v) is 15.7. The standard InChI is InChI=1S/C17H25N7O2/c1-5-18-17(19-9-15-21-12(2)13(3)26-15)23-6-7-24(16(25)11-23)14-8-20-22(4)10-14/h8,10H,5-7,9,11H2,1-4H3,(H,18,19). The highest BCUT2D eigenvalue weighted by Crippen LogP contribution is 2.16. The number of oxazole rings is 1. The Kier molecular flexibility index (Phi) is 5.24. The van der Waals surface area contributed by atoms with Crippen LogP contribution >= 0.6 is 0 Å². The van der Waals surface area contributed by atoms with Crippen LogP contribution in [0.25, 0.3) is 0 Å². The Bertz CT molecular complexity index is 788. The number of amides is 1. The zero-order chi connectivity index (χ0) is 18.7. The summed E-state index contributed by atoms with van der Waals surface area (Å²) in [5.41, 5.74) is 1.70. The van der Waals surface area contributed by atoms with Gasteiger partial charge in [-0.1, -0.05) is 0 Å². The lowest BCUT2D eigenvalue weighted by molar-refractivity contribution is -0.120. The van der Waals surface area contributed by atoms with E-state index < -0.39 is 0 Å². The van der Waals surface area contributed by atoms with E-state index in [1.807, 2.05) is 38.9 Å². The summed E-state index contributed by atoms with van der Waals surface area (Å²) in [5.74, 6) is 2.11. The molecule has 0 aliphatic carbocycles. The summed E-state index contributed by atoms with van der Waals surface area (Å²) < 4.78 is 7.27. The SMILES string of the molecule is CCNC(=NCc1nc(C)c(C)o1)N1CCN(c2cnn(C)c2)C(=O)C1. The Labute approximate surface area is 152 Å². The van der Waals surface area contributed by atoms with Gasteiger partial charge in [-0.3, -0.25) is 9.48 Å². The number of aryl methyl sites for hydroxylation is 3. The average Bonchev–Trinajstić information content (AvgIpc) is 3.17. The van der Waals surface area contributed by atoms with Gasteiger partial charge in [0.1, 0.15) is 18.8 Å². The summed E-state index contributed by atoms with van der Waals surface area (Å²) in [4.78, 5) is 25.2. The molecule has 26 heavy (non-hydrogen) atoms. The van der Waals surface area contributed by atoms with Gasteiger partial charge in [0, 0.05) is 32.9 Å². The molecule has 1 amide bonds. The van der Waals surface area contributed by atoms with Gasteiger partial charge in [0.15, 0.2) is 5.96 Å². The Morgan fingerprint density at radius 3 is 2.77 bits per heavy atom. The van der Waals surface area contributed by atoms with E-state index in [-0.39, 0.29) is 12.5 Å². The monoisotopic (exact) mass is 359 g/mol. The van der Waals surface area contributed by atoms with Crippen LogP contribution in [0, 0.1) is 13.8 Å². The van der Waals surface area contributed by atoms with E-state index in [1.165, 1.54) is 0 Å². The van der Waals surface area contributed by atoms with Crippen molar-refractivity contribution < 1.29 is 9.21 Å². The van der Waals surface area contributed by atoms with E-state index in [0.29, 0.717) is 31.5 Å². The van der Waals surface area contributed by atoms with Crippen LogP contribution in [0.2, 0.25) is 0 Å². The average molecular weight is 359 g/mol. The first-order chi connectivity index (χ1) is 12.5. The van der Waals surface area contributed by atoms with Crippen molar-refractivity contribution in [3.63, 3.8) is 0 Å². The first-order valence-corrected chi connectivity index (χ1v) is 8.73. The summed E-state index contributed by atoms with van der Waals surface area (Å²) in [5, 5.41) is 7.38. The van der Waals surface area contributed by atoms with Gasteiger partial charge in [-0.2, -0.15) is 5.10 Å². The van der Waals surface area contributed by atoms with E-state index in [9.17, 15) is 4.79 Å². The number of aliphatic imine (C=N–C) groups is 1. The number of aromatic nitrogens is 3. The van der Waals surface area contributed by atoms with E-state index in [2.05, 4.69) is 20.4 Å². The lowest BCUT2D eigenvalue weighted by atomic mass is 10.3. The molecule has 1 aliphatic heterocycles. The maximum atomic E-state index is 12.6. The van der Waals surface area contributed by atoms with Gasteiger partial charge >= 0.3 is 0 Å². The molecule has 1 fully saturated rings. The minimum atomic E-state index is 0.0256. The number of hydrogen-bond acceptors (Lipinski definition) is 5. The molecule has 0 bridgehead atoms. The fraction of sp³-hybridized carbons (Fsp3) is 0.529. The lowest BCUT2D eigenvalue weighted by Crippen LogP contribution is -2.55. The van der Waals surface area contributed by atoms with E-state index >= 15 is 0 Å². The maximum absolute atomic E-state index is 12.6. The van der Waals surface area contributed by atoms with Crippen molar-refractivity contribution in [1.29, 1.82) is 0 Å². The number of nitrogens with zero attached hydrogens (tertiary/aromatic N) is 6. The molecule has 0 unspecified atom stereocenters. The number of hydrogen-bond donors (Lipinski definition) is 1. The van der Waals surface area contributed by atoms with E-state index in [0.717, 1.165) is 23.7 Å². The number of rotatable bonds is 4. The summed E-state index contributed by atoms with van der Waals surface area (Å²) in [6, 6.07) is 0. The molecule has 9 heteroatoms. The fourth-order valence-electron chi connectivity index (χ4n) is 2.85. The van der Waals surface area contributed by atoms with Gasteiger partial charge in [0.25, 0.3) is 0 Å². The summed E-state index contributed by atoms with van der Waals surface area (Å²) in [6.07, 6.45) is 3.56. The predicted octanol–water partition coefficient (Wildman–Crippen LogP) is 0.839. The topological polar surface area (TPSA) is 91.8 Å². The van der Waals surface area contributed by atoms with Crippen molar-refractivity contribution in [2.45, 2.75) is 27.3 Å². The molecule has 1 saturated heterocycles. The van der Waals surface area contributed by atoms with E-state index in [4.69, 9.17) is 4.42 Å². The van der Waals surface area contributed by atoms with Crippen molar-refractivity contribution in [3.8, 4) is 0 Å². The third-order valence-electron chi connectivity index (χ3n) is 4.29. The Morgan fingerprint density at radius 2 is 2.19 bits per heavy atom. The molecule has 140 valence electrons. The molecule has 9 nitrogen and oxygen atoms in total. The van der Waals surface area contributed by atoms with Crippen LogP contribution in [0.4, 0.5) is 5.69 Å². The van der Waals surface area contributed by atoms with Gasteiger partial charge in [-0.05, 0) is 20.8 Å². The molecule has 1 N–H and O–H groups in total. The molecule has 0 radical (unpaired) electrons. The van der Waals surface area contributed by atoms with Crippen molar-refractivity contribution in [2.75, 3.05) is 31.1 Å². The molecule has 3 heterocycles. The molecule has 0 saturated carbocycles. The first-order valence-electron chi connectivity index (χ1n) is 8.73.